The fourth-order valence-corrected chi connectivity index (χ4v) is 1.58. The first-order chi connectivity index (χ1) is 8.63. The van der Waals surface area contributed by atoms with Gasteiger partial charge in [0.1, 0.15) is 5.75 Å². The van der Waals surface area contributed by atoms with Crippen molar-refractivity contribution in [2.24, 2.45) is 0 Å². The maximum atomic E-state index is 12.2. The molecule has 0 heterocycles. The molecule has 0 aromatic heterocycles. The van der Waals surface area contributed by atoms with Crippen molar-refractivity contribution in [3.05, 3.63) is 35.4 Å². The van der Waals surface area contributed by atoms with Gasteiger partial charge < -0.3 is 10.1 Å². The van der Waals surface area contributed by atoms with Gasteiger partial charge in [-0.05, 0) is 26.0 Å². The van der Waals surface area contributed by atoms with Crippen LogP contribution in [-0.4, -0.2) is 19.7 Å². The van der Waals surface area contributed by atoms with Crippen LogP contribution >= 0.6 is 0 Å². The van der Waals surface area contributed by atoms with Crippen LogP contribution in [0, 0.1) is 0 Å². The van der Waals surface area contributed by atoms with Crippen molar-refractivity contribution in [2.45, 2.75) is 26.9 Å². The Labute approximate surface area is 107 Å². The second kappa shape index (κ2) is 7.82. The SMILES string of the molecule is CCCNCC(C)=Cc1ccccc1OC(F)F. The summed E-state index contributed by atoms with van der Waals surface area (Å²) in [6, 6.07) is 6.79. The monoisotopic (exact) mass is 255 g/mol. The molecule has 1 aromatic carbocycles. The lowest BCUT2D eigenvalue weighted by Gasteiger charge is -2.09. The molecule has 0 saturated carbocycles. The molecular formula is C14H19F2NO. The van der Waals surface area contributed by atoms with Gasteiger partial charge in [0.25, 0.3) is 0 Å². The Hall–Kier alpha value is -1.42. The summed E-state index contributed by atoms with van der Waals surface area (Å²) in [6.07, 6.45) is 2.93. The molecule has 0 aliphatic carbocycles. The summed E-state index contributed by atoms with van der Waals surface area (Å²) in [6.45, 7) is 2.95. The number of halogens is 2. The van der Waals surface area contributed by atoms with Crippen LogP contribution in [0.1, 0.15) is 25.8 Å². The minimum atomic E-state index is -2.79. The molecule has 0 unspecified atom stereocenters. The summed E-state index contributed by atoms with van der Waals surface area (Å²) in [7, 11) is 0. The standard InChI is InChI=1S/C14H19F2NO/c1-3-8-17-10-11(2)9-12-6-4-5-7-13(12)18-14(15)16/h4-7,9,14,17H,3,8,10H2,1-2H3. The zero-order valence-corrected chi connectivity index (χ0v) is 10.7. The van der Waals surface area contributed by atoms with Crippen LogP contribution in [-0.2, 0) is 0 Å². The summed E-state index contributed by atoms with van der Waals surface area (Å²) >= 11 is 0. The number of nitrogens with one attached hydrogen (secondary N) is 1. The summed E-state index contributed by atoms with van der Waals surface area (Å²) in [5.74, 6) is 0.211. The third kappa shape index (κ3) is 5.27. The van der Waals surface area contributed by atoms with Crippen molar-refractivity contribution in [3.8, 4) is 5.75 Å². The quantitative estimate of drug-likeness (QED) is 0.750. The predicted octanol–water partition coefficient (Wildman–Crippen LogP) is 3.69. The van der Waals surface area contributed by atoms with Gasteiger partial charge in [-0.15, -0.1) is 0 Å². The Morgan fingerprint density at radius 1 is 1.39 bits per heavy atom. The molecule has 0 fully saturated rings. The van der Waals surface area contributed by atoms with Gasteiger partial charge in [0.05, 0.1) is 0 Å². The van der Waals surface area contributed by atoms with Crippen molar-refractivity contribution in [1.29, 1.82) is 0 Å². The largest absolute Gasteiger partial charge is 0.434 e. The fraction of sp³-hybridized carbons (Fsp3) is 0.429. The third-order valence-electron chi connectivity index (χ3n) is 2.37. The summed E-state index contributed by atoms with van der Waals surface area (Å²) < 4.78 is 28.9. The highest BCUT2D eigenvalue weighted by molar-refractivity contribution is 5.59. The minimum absolute atomic E-state index is 0.211. The molecule has 0 saturated heterocycles. The lowest BCUT2D eigenvalue weighted by atomic mass is 10.1. The second-order valence-corrected chi connectivity index (χ2v) is 4.08. The van der Waals surface area contributed by atoms with E-state index in [4.69, 9.17) is 0 Å². The molecule has 0 bridgehead atoms. The zero-order valence-electron chi connectivity index (χ0n) is 10.7. The first-order valence-electron chi connectivity index (χ1n) is 6.05. The fourth-order valence-electron chi connectivity index (χ4n) is 1.58. The van der Waals surface area contributed by atoms with E-state index in [1.807, 2.05) is 13.0 Å². The molecule has 2 nitrogen and oxygen atoms in total. The van der Waals surface area contributed by atoms with Crippen LogP contribution in [0.15, 0.2) is 29.8 Å². The van der Waals surface area contributed by atoms with E-state index in [1.54, 1.807) is 24.3 Å². The highest BCUT2D eigenvalue weighted by atomic mass is 19.3. The van der Waals surface area contributed by atoms with Crippen LogP contribution in [0.25, 0.3) is 6.08 Å². The Morgan fingerprint density at radius 2 is 2.11 bits per heavy atom. The van der Waals surface area contributed by atoms with E-state index < -0.39 is 6.61 Å². The van der Waals surface area contributed by atoms with Crippen molar-refractivity contribution < 1.29 is 13.5 Å². The molecule has 0 amide bonds. The van der Waals surface area contributed by atoms with Gasteiger partial charge in [-0.3, -0.25) is 0 Å². The molecule has 0 spiro atoms. The van der Waals surface area contributed by atoms with E-state index in [2.05, 4.69) is 17.0 Å². The van der Waals surface area contributed by atoms with E-state index in [1.165, 1.54) is 0 Å². The Morgan fingerprint density at radius 3 is 2.78 bits per heavy atom. The average Bonchev–Trinajstić information content (AvgIpc) is 2.31. The van der Waals surface area contributed by atoms with Crippen LogP contribution in [0.2, 0.25) is 0 Å². The van der Waals surface area contributed by atoms with Gasteiger partial charge in [-0.1, -0.05) is 36.8 Å². The summed E-state index contributed by atoms with van der Waals surface area (Å²) in [5, 5.41) is 3.26. The van der Waals surface area contributed by atoms with Gasteiger partial charge in [0.2, 0.25) is 0 Å². The maximum absolute atomic E-state index is 12.2. The number of hydrogen-bond donors (Lipinski definition) is 1. The maximum Gasteiger partial charge on any atom is 0.387 e. The predicted molar refractivity (Wildman–Crippen MR) is 69.9 cm³/mol. The van der Waals surface area contributed by atoms with Crippen LogP contribution in [0.4, 0.5) is 8.78 Å². The molecule has 1 aromatic rings. The highest BCUT2D eigenvalue weighted by Crippen LogP contribution is 2.22. The van der Waals surface area contributed by atoms with Crippen LogP contribution in [0.3, 0.4) is 0 Å². The lowest BCUT2D eigenvalue weighted by Crippen LogP contribution is -2.16. The van der Waals surface area contributed by atoms with Crippen LogP contribution < -0.4 is 10.1 Å². The number of alkyl halides is 2. The topological polar surface area (TPSA) is 21.3 Å². The molecule has 1 N–H and O–H groups in total. The van der Waals surface area contributed by atoms with E-state index in [0.29, 0.717) is 5.56 Å². The van der Waals surface area contributed by atoms with Crippen molar-refractivity contribution >= 4 is 6.08 Å². The highest BCUT2D eigenvalue weighted by Gasteiger charge is 2.07. The van der Waals surface area contributed by atoms with Gasteiger partial charge in [-0.2, -0.15) is 8.78 Å². The number of hydrogen-bond acceptors (Lipinski definition) is 2. The Bertz CT molecular complexity index is 391. The molecular weight excluding hydrogens is 236 g/mol. The molecule has 0 aliphatic heterocycles. The smallest absolute Gasteiger partial charge is 0.387 e. The Balaban J connectivity index is 2.72. The summed E-state index contributed by atoms with van der Waals surface area (Å²) in [5.41, 5.74) is 1.75. The van der Waals surface area contributed by atoms with Crippen LogP contribution in [0.5, 0.6) is 5.75 Å². The molecule has 1 rings (SSSR count). The van der Waals surface area contributed by atoms with Gasteiger partial charge >= 0.3 is 6.61 Å². The molecule has 0 atom stereocenters. The Kier molecular flexibility index (Phi) is 6.36. The molecule has 4 heteroatoms. The van der Waals surface area contributed by atoms with Crippen molar-refractivity contribution in [2.75, 3.05) is 13.1 Å². The number of rotatable bonds is 7. The molecule has 0 radical (unpaired) electrons. The second-order valence-electron chi connectivity index (χ2n) is 4.08. The first kappa shape index (κ1) is 14.6. The van der Waals surface area contributed by atoms with E-state index >= 15 is 0 Å². The van der Waals surface area contributed by atoms with Gasteiger partial charge in [0, 0.05) is 12.1 Å². The third-order valence-corrected chi connectivity index (χ3v) is 2.37. The molecule has 18 heavy (non-hydrogen) atoms. The lowest BCUT2D eigenvalue weighted by molar-refractivity contribution is -0.0499. The van der Waals surface area contributed by atoms with Crippen molar-refractivity contribution in [3.63, 3.8) is 0 Å². The summed E-state index contributed by atoms with van der Waals surface area (Å²) in [4.78, 5) is 0. The number of para-hydroxylation sites is 1. The van der Waals surface area contributed by atoms with E-state index in [0.717, 1.165) is 25.1 Å². The first-order valence-corrected chi connectivity index (χ1v) is 6.05. The molecule has 100 valence electrons. The number of benzene rings is 1. The number of ether oxygens (including phenoxy) is 1. The van der Waals surface area contributed by atoms with Gasteiger partial charge in [0.15, 0.2) is 0 Å². The van der Waals surface area contributed by atoms with E-state index in [-0.39, 0.29) is 5.75 Å². The zero-order chi connectivity index (χ0) is 13.4. The minimum Gasteiger partial charge on any atom is -0.434 e. The normalized spacial score (nSPS) is 11.9. The average molecular weight is 255 g/mol. The molecule has 0 aliphatic rings. The van der Waals surface area contributed by atoms with Crippen molar-refractivity contribution in [1.82, 2.24) is 5.32 Å². The van der Waals surface area contributed by atoms with E-state index in [9.17, 15) is 8.78 Å². The van der Waals surface area contributed by atoms with Gasteiger partial charge in [-0.25, -0.2) is 0 Å².